The fourth-order valence-corrected chi connectivity index (χ4v) is 6.19. The summed E-state index contributed by atoms with van der Waals surface area (Å²) in [5.74, 6) is 0.957. The van der Waals surface area contributed by atoms with Gasteiger partial charge in [-0.2, -0.15) is 0 Å². The third kappa shape index (κ3) is 6.23. The number of nitrogens with zero attached hydrogens (tertiary/aromatic N) is 5. The Hall–Kier alpha value is -3.50. The lowest BCUT2D eigenvalue weighted by Gasteiger charge is -2.43. The van der Waals surface area contributed by atoms with E-state index in [4.69, 9.17) is 4.98 Å². The molecule has 0 aliphatic carbocycles. The molecule has 0 saturated carbocycles. The SMILES string of the molecule is C=C(c1ccnc(NS(=O)(=O)CC)c1)N1CC[C@@H](N2Cc3cnc(Nc4cc(C)cc(C)c4)nc3C2)C[C@H]1C. The first-order valence-corrected chi connectivity index (χ1v) is 15.1. The number of aryl methyl sites for hydroxylation is 2. The van der Waals surface area contributed by atoms with E-state index in [2.05, 4.69) is 75.4 Å². The van der Waals surface area contributed by atoms with Gasteiger partial charge < -0.3 is 10.2 Å². The fourth-order valence-electron chi connectivity index (χ4n) is 5.62. The molecule has 1 fully saturated rings. The van der Waals surface area contributed by atoms with Gasteiger partial charge >= 0.3 is 0 Å². The Morgan fingerprint density at radius 3 is 2.62 bits per heavy atom. The van der Waals surface area contributed by atoms with E-state index in [1.165, 1.54) is 16.7 Å². The Morgan fingerprint density at radius 2 is 1.90 bits per heavy atom. The van der Waals surface area contributed by atoms with E-state index >= 15 is 0 Å². The Labute approximate surface area is 231 Å². The molecule has 0 radical (unpaired) electrons. The van der Waals surface area contributed by atoms with Crippen molar-refractivity contribution < 1.29 is 8.42 Å². The maximum atomic E-state index is 12.0. The Balaban J connectivity index is 1.21. The fraction of sp³-hybridized carbons (Fsp3) is 0.414. The number of aromatic nitrogens is 3. The lowest BCUT2D eigenvalue weighted by molar-refractivity contribution is 0.102. The van der Waals surface area contributed by atoms with Crippen LogP contribution in [0, 0.1) is 13.8 Å². The smallest absolute Gasteiger partial charge is 0.233 e. The number of sulfonamides is 1. The van der Waals surface area contributed by atoms with Crippen molar-refractivity contribution in [1.82, 2.24) is 24.8 Å². The van der Waals surface area contributed by atoms with Crippen molar-refractivity contribution in [3.8, 4) is 0 Å². The second kappa shape index (κ2) is 10.9. The Morgan fingerprint density at radius 1 is 1.13 bits per heavy atom. The van der Waals surface area contributed by atoms with E-state index in [1.54, 1.807) is 19.2 Å². The molecule has 39 heavy (non-hydrogen) atoms. The number of hydrogen-bond acceptors (Lipinski definition) is 8. The van der Waals surface area contributed by atoms with Crippen LogP contribution in [0.4, 0.5) is 17.5 Å². The highest BCUT2D eigenvalue weighted by Crippen LogP contribution is 2.33. The summed E-state index contributed by atoms with van der Waals surface area (Å²) in [6.45, 7) is 14.9. The number of anilines is 3. The van der Waals surface area contributed by atoms with Crippen molar-refractivity contribution in [1.29, 1.82) is 0 Å². The summed E-state index contributed by atoms with van der Waals surface area (Å²) in [6, 6.07) is 10.7. The number of hydrogen-bond donors (Lipinski definition) is 2. The molecule has 0 spiro atoms. The molecular formula is C29H37N7O2S. The molecule has 0 bridgehead atoms. The quantitative estimate of drug-likeness (QED) is 0.413. The van der Waals surface area contributed by atoms with Crippen LogP contribution in [-0.4, -0.2) is 57.6 Å². The first-order valence-electron chi connectivity index (χ1n) is 13.5. The van der Waals surface area contributed by atoms with Gasteiger partial charge in [0.1, 0.15) is 5.82 Å². The first-order chi connectivity index (χ1) is 18.6. The zero-order chi connectivity index (χ0) is 27.7. The first kappa shape index (κ1) is 27.1. The molecule has 1 aromatic carbocycles. The van der Waals surface area contributed by atoms with Gasteiger partial charge in [-0.3, -0.25) is 9.62 Å². The molecule has 3 aromatic rings. The third-order valence-corrected chi connectivity index (χ3v) is 8.88. The van der Waals surface area contributed by atoms with Crippen molar-refractivity contribution in [3.05, 3.63) is 77.3 Å². The second-order valence-electron chi connectivity index (χ2n) is 10.7. The molecule has 0 amide bonds. The van der Waals surface area contributed by atoms with Gasteiger partial charge in [0, 0.05) is 66.6 Å². The van der Waals surface area contributed by atoms with Crippen LogP contribution in [0.15, 0.2) is 49.3 Å². The van der Waals surface area contributed by atoms with Crippen LogP contribution in [0.5, 0.6) is 0 Å². The zero-order valence-corrected chi connectivity index (χ0v) is 23.9. The van der Waals surface area contributed by atoms with Crippen LogP contribution in [0.25, 0.3) is 5.70 Å². The van der Waals surface area contributed by atoms with E-state index in [1.807, 2.05) is 12.3 Å². The molecule has 206 valence electrons. The second-order valence-corrected chi connectivity index (χ2v) is 12.7. The largest absolute Gasteiger partial charge is 0.369 e. The third-order valence-electron chi connectivity index (χ3n) is 7.60. The van der Waals surface area contributed by atoms with E-state index < -0.39 is 10.0 Å². The molecule has 2 aliphatic rings. The highest BCUT2D eigenvalue weighted by molar-refractivity contribution is 7.92. The summed E-state index contributed by atoms with van der Waals surface area (Å²) in [6.07, 6.45) is 5.60. The monoisotopic (exact) mass is 547 g/mol. The molecule has 1 saturated heterocycles. The highest BCUT2D eigenvalue weighted by atomic mass is 32.2. The van der Waals surface area contributed by atoms with Crippen molar-refractivity contribution in [2.24, 2.45) is 0 Å². The van der Waals surface area contributed by atoms with Gasteiger partial charge in [-0.1, -0.05) is 12.6 Å². The van der Waals surface area contributed by atoms with E-state index in [0.29, 0.717) is 17.8 Å². The summed E-state index contributed by atoms with van der Waals surface area (Å²) in [5.41, 5.74) is 7.47. The molecule has 2 N–H and O–H groups in total. The lowest BCUT2D eigenvalue weighted by Crippen LogP contribution is -2.46. The number of piperidine rings is 1. The minimum Gasteiger partial charge on any atom is -0.369 e. The summed E-state index contributed by atoms with van der Waals surface area (Å²) < 4.78 is 26.5. The zero-order valence-electron chi connectivity index (χ0n) is 23.1. The predicted octanol–water partition coefficient (Wildman–Crippen LogP) is 4.83. The van der Waals surface area contributed by atoms with Gasteiger partial charge in [0.25, 0.3) is 0 Å². The summed E-state index contributed by atoms with van der Waals surface area (Å²) in [4.78, 5) is 18.4. The number of likely N-dealkylation sites (tertiary alicyclic amines) is 1. The van der Waals surface area contributed by atoms with Crippen molar-refractivity contribution in [2.75, 3.05) is 22.3 Å². The topological polar surface area (TPSA) is 103 Å². The van der Waals surface area contributed by atoms with E-state index in [-0.39, 0.29) is 11.8 Å². The lowest BCUT2D eigenvalue weighted by atomic mass is 9.95. The Bertz CT molecular complexity index is 1470. The maximum absolute atomic E-state index is 12.0. The number of pyridine rings is 1. The molecule has 2 atom stereocenters. The average Bonchev–Trinajstić information content (AvgIpc) is 3.31. The van der Waals surface area contributed by atoms with Gasteiger partial charge in [-0.15, -0.1) is 0 Å². The molecule has 10 heteroatoms. The number of nitrogens with one attached hydrogen (secondary N) is 2. The molecule has 9 nitrogen and oxygen atoms in total. The van der Waals surface area contributed by atoms with Gasteiger partial charge in [0.05, 0.1) is 11.4 Å². The van der Waals surface area contributed by atoms with Crippen LogP contribution < -0.4 is 10.0 Å². The van der Waals surface area contributed by atoms with E-state index in [9.17, 15) is 8.42 Å². The van der Waals surface area contributed by atoms with Crippen molar-refractivity contribution in [3.63, 3.8) is 0 Å². The number of fused-ring (bicyclic) bond motifs is 1. The van der Waals surface area contributed by atoms with Crippen LogP contribution in [0.2, 0.25) is 0 Å². The van der Waals surface area contributed by atoms with Crippen LogP contribution >= 0.6 is 0 Å². The van der Waals surface area contributed by atoms with Gasteiger partial charge in [-0.25, -0.2) is 23.4 Å². The summed E-state index contributed by atoms with van der Waals surface area (Å²) >= 11 is 0. The van der Waals surface area contributed by atoms with Crippen molar-refractivity contribution >= 4 is 33.2 Å². The van der Waals surface area contributed by atoms with Crippen LogP contribution in [-0.2, 0) is 23.1 Å². The molecule has 2 aromatic heterocycles. The number of rotatable bonds is 8. The molecule has 0 unspecified atom stereocenters. The van der Waals surface area contributed by atoms with Crippen LogP contribution in [0.1, 0.15) is 54.6 Å². The molecular weight excluding hydrogens is 510 g/mol. The minimum absolute atomic E-state index is 0.000593. The predicted molar refractivity (Wildman–Crippen MR) is 156 cm³/mol. The van der Waals surface area contributed by atoms with Gasteiger partial charge in [0.2, 0.25) is 16.0 Å². The van der Waals surface area contributed by atoms with Crippen LogP contribution in [0.3, 0.4) is 0 Å². The maximum Gasteiger partial charge on any atom is 0.233 e. The summed E-state index contributed by atoms with van der Waals surface area (Å²) in [5, 5.41) is 3.37. The van der Waals surface area contributed by atoms with Gasteiger partial charge in [0.15, 0.2) is 0 Å². The Kier molecular flexibility index (Phi) is 7.59. The number of benzene rings is 1. The molecule has 5 rings (SSSR count). The highest BCUT2D eigenvalue weighted by Gasteiger charge is 2.33. The van der Waals surface area contributed by atoms with E-state index in [0.717, 1.165) is 55.1 Å². The molecule has 4 heterocycles. The molecule has 2 aliphatic heterocycles. The standard InChI is InChI=1S/C29H37N7O2S/c1-6-39(37,38)34-28-15-23(7-9-30-28)22(5)36-10-8-26(14-21(36)4)35-17-24-16-31-29(33-27(24)18-35)32-25-12-19(2)11-20(3)13-25/h7,9,11-13,15-16,21,26H,5-6,8,10,14,17-18H2,1-4H3,(H,30,34)(H,31,32,33)/t21-,26-/m1/s1. The summed E-state index contributed by atoms with van der Waals surface area (Å²) in [7, 11) is -3.39. The van der Waals surface area contributed by atoms with Gasteiger partial charge in [-0.05, 0) is 75.9 Å². The van der Waals surface area contributed by atoms with Crippen molar-refractivity contribution in [2.45, 2.75) is 65.7 Å². The average molecular weight is 548 g/mol. The minimum atomic E-state index is -3.39. The normalized spacial score (nSPS) is 19.5.